The molecule has 5 heteroatoms. The summed E-state index contributed by atoms with van der Waals surface area (Å²) >= 11 is 0. The van der Waals surface area contributed by atoms with Gasteiger partial charge in [0, 0.05) is 10.8 Å². The van der Waals surface area contributed by atoms with Crippen molar-refractivity contribution in [2.45, 2.75) is 20.8 Å². The van der Waals surface area contributed by atoms with E-state index >= 15 is 0 Å². The molecule has 0 unspecified atom stereocenters. The second-order valence-electron chi connectivity index (χ2n) is 6.88. The maximum absolute atomic E-state index is 9.87. The summed E-state index contributed by atoms with van der Waals surface area (Å²) in [5.74, 6) is 0.293. The van der Waals surface area contributed by atoms with E-state index in [4.69, 9.17) is 10.7 Å². The Morgan fingerprint density at radius 3 is 2.22 bits per heavy atom. The van der Waals surface area contributed by atoms with Crippen LogP contribution in [0.2, 0.25) is 0 Å². The zero-order valence-corrected chi connectivity index (χ0v) is 15.5. The van der Waals surface area contributed by atoms with Gasteiger partial charge in [-0.1, -0.05) is 11.6 Å². The highest BCUT2D eigenvalue weighted by Gasteiger charge is 2.08. The van der Waals surface area contributed by atoms with Crippen molar-refractivity contribution in [3.05, 3.63) is 65.2 Å². The first-order valence-corrected chi connectivity index (χ1v) is 8.74. The highest BCUT2D eigenvalue weighted by Crippen LogP contribution is 2.32. The Bertz CT molecular complexity index is 1210. The predicted octanol–water partition coefficient (Wildman–Crippen LogP) is 6.02. The molecule has 0 aliphatic heterocycles. The highest BCUT2D eigenvalue weighted by molar-refractivity contribution is 6.07. The van der Waals surface area contributed by atoms with Crippen molar-refractivity contribution in [3.63, 3.8) is 0 Å². The second kappa shape index (κ2) is 6.36. The van der Waals surface area contributed by atoms with E-state index in [0.29, 0.717) is 17.1 Å². The number of nitrogens with two attached hydrogens (primary N) is 1. The van der Waals surface area contributed by atoms with Gasteiger partial charge < -0.3 is 10.8 Å². The molecule has 0 spiro atoms. The summed E-state index contributed by atoms with van der Waals surface area (Å²) in [7, 11) is 0. The Morgan fingerprint density at radius 1 is 0.778 bits per heavy atom. The Morgan fingerprint density at radius 2 is 1.48 bits per heavy atom. The molecule has 4 rings (SSSR count). The molecular formula is C22H20N4O. The third-order valence-electron chi connectivity index (χ3n) is 4.71. The van der Waals surface area contributed by atoms with Gasteiger partial charge in [0.1, 0.15) is 5.75 Å². The summed E-state index contributed by atoms with van der Waals surface area (Å²) in [4.78, 5) is 4.72. The first-order valence-electron chi connectivity index (χ1n) is 8.74. The van der Waals surface area contributed by atoms with Crippen molar-refractivity contribution in [1.82, 2.24) is 4.98 Å². The summed E-state index contributed by atoms with van der Waals surface area (Å²) in [5, 5.41) is 20.4. The third kappa shape index (κ3) is 3.08. The summed E-state index contributed by atoms with van der Waals surface area (Å²) in [6.07, 6.45) is 0. The number of aromatic hydroxyl groups is 1. The van der Waals surface area contributed by atoms with Crippen LogP contribution in [0.25, 0.3) is 21.8 Å². The van der Waals surface area contributed by atoms with E-state index in [1.807, 2.05) is 51.1 Å². The van der Waals surface area contributed by atoms with E-state index in [1.54, 1.807) is 12.1 Å². The van der Waals surface area contributed by atoms with Crippen LogP contribution in [-0.4, -0.2) is 10.1 Å². The zero-order valence-electron chi connectivity index (χ0n) is 15.5. The molecule has 0 bridgehead atoms. The van der Waals surface area contributed by atoms with Gasteiger partial charge in [0.15, 0.2) is 0 Å². The van der Waals surface area contributed by atoms with Crippen LogP contribution < -0.4 is 5.73 Å². The molecule has 5 nitrogen and oxygen atoms in total. The molecule has 0 radical (unpaired) electrons. The maximum Gasteiger partial charge on any atom is 0.121 e. The molecule has 0 saturated carbocycles. The van der Waals surface area contributed by atoms with Crippen LogP contribution in [0.4, 0.5) is 17.1 Å². The minimum absolute atomic E-state index is 0.293. The van der Waals surface area contributed by atoms with Gasteiger partial charge in [-0.15, -0.1) is 0 Å². The largest absolute Gasteiger partial charge is 0.507 e. The van der Waals surface area contributed by atoms with E-state index in [-0.39, 0.29) is 0 Å². The lowest BCUT2D eigenvalue weighted by Gasteiger charge is -2.08. The number of hydrogen-bond donors (Lipinski definition) is 2. The quantitative estimate of drug-likeness (QED) is 0.340. The van der Waals surface area contributed by atoms with E-state index in [2.05, 4.69) is 16.3 Å². The van der Waals surface area contributed by atoms with Crippen LogP contribution in [-0.2, 0) is 0 Å². The number of fused-ring (bicyclic) bond motifs is 2. The molecule has 1 aromatic heterocycles. The monoisotopic (exact) mass is 356 g/mol. The Balaban J connectivity index is 1.77. The number of nitrogens with zero attached hydrogens (tertiary/aromatic N) is 3. The van der Waals surface area contributed by atoms with Gasteiger partial charge in [0.25, 0.3) is 0 Å². The number of rotatable bonds is 2. The van der Waals surface area contributed by atoms with Crippen molar-refractivity contribution in [3.8, 4) is 5.75 Å². The molecule has 3 N–H and O–H groups in total. The molecule has 1 heterocycles. The number of anilines is 1. The van der Waals surface area contributed by atoms with E-state index in [1.165, 1.54) is 0 Å². The van der Waals surface area contributed by atoms with Gasteiger partial charge in [-0.05, 0) is 74.4 Å². The van der Waals surface area contributed by atoms with Crippen LogP contribution in [0, 0.1) is 20.8 Å². The summed E-state index contributed by atoms with van der Waals surface area (Å²) < 4.78 is 0. The number of aryl methyl sites for hydroxylation is 3. The number of phenolic OH excluding ortho intramolecular Hbond substituents is 1. The standard InChI is InChI=1S/C22H20N4O/c1-12-4-7-19-18(8-12)21(23)17-6-5-15(11-20(17)24-19)25-26-16-9-13(2)22(27)14(3)10-16/h4-11,27H,1-3H3,(H2,23,24). The minimum atomic E-state index is 0.293. The number of nitrogen functional groups attached to an aromatic ring is 1. The topological polar surface area (TPSA) is 83.9 Å². The molecule has 3 aromatic carbocycles. The van der Waals surface area contributed by atoms with Crippen molar-refractivity contribution in [2.75, 3.05) is 5.73 Å². The van der Waals surface area contributed by atoms with Gasteiger partial charge in [0.05, 0.1) is 28.1 Å². The summed E-state index contributed by atoms with van der Waals surface area (Å²) in [5.41, 5.74) is 12.9. The smallest absolute Gasteiger partial charge is 0.121 e. The van der Waals surface area contributed by atoms with Crippen LogP contribution >= 0.6 is 0 Å². The van der Waals surface area contributed by atoms with Crippen LogP contribution in [0.5, 0.6) is 5.75 Å². The minimum Gasteiger partial charge on any atom is -0.507 e. The van der Waals surface area contributed by atoms with Crippen LogP contribution in [0.15, 0.2) is 58.8 Å². The van der Waals surface area contributed by atoms with E-state index < -0.39 is 0 Å². The second-order valence-corrected chi connectivity index (χ2v) is 6.88. The Hall–Kier alpha value is -3.47. The van der Waals surface area contributed by atoms with Crippen molar-refractivity contribution < 1.29 is 5.11 Å². The predicted molar refractivity (Wildman–Crippen MR) is 110 cm³/mol. The molecule has 0 aliphatic rings. The third-order valence-corrected chi connectivity index (χ3v) is 4.71. The SMILES string of the molecule is Cc1ccc2nc3cc(N=Nc4cc(C)c(O)c(C)c4)ccc3c(N)c2c1. The molecule has 0 atom stereocenters. The molecule has 0 saturated heterocycles. The van der Waals surface area contributed by atoms with Gasteiger partial charge in [-0.2, -0.15) is 10.2 Å². The fourth-order valence-corrected chi connectivity index (χ4v) is 3.25. The number of benzene rings is 3. The van der Waals surface area contributed by atoms with E-state index in [0.717, 1.165) is 44.2 Å². The fourth-order valence-electron chi connectivity index (χ4n) is 3.25. The van der Waals surface area contributed by atoms with Crippen LogP contribution in [0.1, 0.15) is 16.7 Å². The lowest BCUT2D eigenvalue weighted by Crippen LogP contribution is -1.93. The number of azo groups is 1. The van der Waals surface area contributed by atoms with Gasteiger partial charge in [-0.3, -0.25) is 0 Å². The molecule has 134 valence electrons. The van der Waals surface area contributed by atoms with Crippen molar-refractivity contribution >= 4 is 38.9 Å². The normalized spacial score (nSPS) is 11.7. The fraction of sp³-hybridized carbons (Fsp3) is 0.136. The number of phenols is 1. The molecule has 0 aliphatic carbocycles. The number of pyridine rings is 1. The lowest BCUT2D eigenvalue weighted by atomic mass is 10.1. The summed E-state index contributed by atoms with van der Waals surface area (Å²) in [6.45, 7) is 5.73. The molecule has 27 heavy (non-hydrogen) atoms. The van der Waals surface area contributed by atoms with Gasteiger partial charge >= 0.3 is 0 Å². The molecule has 0 fully saturated rings. The first kappa shape index (κ1) is 17.0. The van der Waals surface area contributed by atoms with Crippen molar-refractivity contribution in [1.29, 1.82) is 0 Å². The average Bonchev–Trinajstić information content (AvgIpc) is 2.65. The average molecular weight is 356 g/mol. The van der Waals surface area contributed by atoms with Gasteiger partial charge in [-0.25, -0.2) is 4.98 Å². The Labute approximate surface area is 157 Å². The van der Waals surface area contributed by atoms with Gasteiger partial charge in [0.2, 0.25) is 0 Å². The lowest BCUT2D eigenvalue weighted by molar-refractivity contribution is 0.467. The Kier molecular flexibility index (Phi) is 4.00. The maximum atomic E-state index is 9.87. The van der Waals surface area contributed by atoms with Crippen molar-refractivity contribution in [2.24, 2.45) is 10.2 Å². The van der Waals surface area contributed by atoms with Crippen LogP contribution in [0.3, 0.4) is 0 Å². The molecule has 4 aromatic rings. The summed E-state index contributed by atoms with van der Waals surface area (Å²) in [6, 6.07) is 15.4. The first-order chi connectivity index (χ1) is 12.9. The number of aromatic nitrogens is 1. The molecular weight excluding hydrogens is 336 g/mol. The molecule has 0 amide bonds. The number of hydrogen-bond acceptors (Lipinski definition) is 5. The highest BCUT2D eigenvalue weighted by atomic mass is 16.3. The zero-order chi connectivity index (χ0) is 19.1. The van der Waals surface area contributed by atoms with E-state index in [9.17, 15) is 5.11 Å².